The van der Waals surface area contributed by atoms with E-state index in [1.165, 1.54) is 0 Å². The Labute approximate surface area is 86.7 Å². The molecule has 0 aliphatic heterocycles. The van der Waals surface area contributed by atoms with Crippen LogP contribution in [-0.4, -0.2) is 0 Å². The summed E-state index contributed by atoms with van der Waals surface area (Å²) in [5.74, 6) is -0.512. The van der Waals surface area contributed by atoms with Gasteiger partial charge >= 0.3 is 0 Å². The minimum atomic E-state index is -0.642. The van der Waals surface area contributed by atoms with Gasteiger partial charge in [-0.2, -0.15) is 0 Å². The second kappa shape index (κ2) is 4.26. The van der Waals surface area contributed by atoms with Crippen molar-refractivity contribution < 1.29 is 13.5 Å². The van der Waals surface area contributed by atoms with Gasteiger partial charge in [-0.25, -0.2) is 8.78 Å². The van der Waals surface area contributed by atoms with E-state index in [0.29, 0.717) is 5.76 Å². The minimum Gasteiger partial charge on any atom is -0.458 e. The number of allylic oxidation sites excluding steroid dienone is 3. The molecule has 15 heavy (non-hydrogen) atoms. The molecule has 0 bridgehead atoms. The molecule has 77 valence electrons. The molecular formula is C12H9F2O. The van der Waals surface area contributed by atoms with Crippen LogP contribution in [0.25, 0.3) is 0 Å². The molecule has 1 aliphatic carbocycles. The topological polar surface area (TPSA) is 9.23 Å². The molecule has 0 spiro atoms. The van der Waals surface area contributed by atoms with E-state index in [1.54, 1.807) is 6.08 Å². The Morgan fingerprint density at radius 3 is 2.40 bits per heavy atom. The number of halogens is 2. The molecule has 0 N–H and O–H groups in total. The van der Waals surface area contributed by atoms with Gasteiger partial charge in [0.2, 0.25) is 0 Å². The van der Waals surface area contributed by atoms with E-state index in [1.807, 2.05) is 18.6 Å². The van der Waals surface area contributed by atoms with Gasteiger partial charge in [-0.3, -0.25) is 0 Å². The molecule has 0 aromatic heterocycles. The third-order valence-electron chi connectivity index (χ3n) is 1.92. The van der Waals surface area contributed by atoms with E-state index in [0.717, 1.165) is 24.6 Å². The Kier molecular flexibility index (Phi) is 2.81. The summed E-state index contributed by atoms with van der Waals surface area (Å²) in [5, 5.41) is 0. The third-order valence-corrected chi connectivity index (χ3v) is 1.92. The van der Waals surface area contributed by atoms with Gasteiger partial charge < -0.3 is 4.74 Å². The summed E-state index contributed by atoms with van der Waals surface area (Å²) >= 11 is 0. The highest BCUT2D eigenvalue weighted by Gasteiger charge is 2.04. The summed E-state index contributed by atoms with van der Waals surface area (Å²) in [6.07, 6.45) is 8.14. The quantitative estimate of drug-likeness (QED) is 0.722. The summed E-state index contributed by atoms with van der Waals surface area (Å²) in [6.45, 7) is 0. The third kappa shape index (κ3) is 2.65. The van der Waals surface area contributed by atoms with Crippen LogP contribution in [0, 0.1) is 18.1 Å². The van der Waals surface area contributed by atoms with Crippen molar-refractivity contribution in [1.82, 2.24) is 0 Å². The average Bonchev–Trinajstić information content (AvgIpc) is 2.17. The average molecular weight is 207 g/mol. The monoisotopic (exact) mass is 207 g/mol. The Morgan fingerprint density at radius 2 is 1.80 bits per heavy atom. The lowest BCUT2D eigenvalue weighted by Gasteiger charge is -2.09. The zero-order valence-corrected chi connectivity index (χ0v) is 7.91. The van der Waals surface area contributed by atoms with Gasteiger partial charge in [0.15, 0.2) is 0 Å². The molecule has 1 aromatic rings. The van der Waals surface area contributed by atoms with Crippen LogP contribution in [0.15, 0.2) is 42.2 Å². The highest BCUT2D eigenvalue weighted by atomic mass is 19.1. The lowest BCUT2D eigenvalue weighted by Crippen LogP contribution is -1.96. The van der Waals surface area contributed by atoms with E-state index >= 15 is 0 Å². The van der Waals surface area contributed by atoms with Crippen LogP contribution in [0.3, 0.4) is 0 Å². The normalized spacial score (nSPS) is 14.9. The molecule has 1 nitrogen and oxygen atoms in total. The number of hydrogen-bond donors (Lipinski definition) is 0. The van der Waals surface area contributed by atoms with Crippen molar-refractivity contribution in [3.05, 3.63) is 60.2 Å². The molecule has 0 heterocycles. The van der Waals surface area contributed by atoms with Crippen LogP contribution in [0.2, 0.25) is 0 Å². The van der Waals surface area contributed by atoms with Crippen LogP contribution in [-0.2, 0) is 0 Å². The summed E-state index contributed by atoms with van der Waals surface area (Å²) in [7, 11) is 0. The molecule has 0 saturated heterocycles. The predicted molar refractivity (Wildman–Crippen MR) is 53.1 cm³/mol. The van der Waals surface area contributed by atoms with Crippen molar-refractivity contribution in [1.29, 1.82) is 0 Å². The van der Waals surface area contributed by atoms with Crippen molar-refractivity contribution in [2.24, 2.45) is 0 Å². The fourth-order valence-corrected chi connectivity index (χ4v) is 1.29. The Balaban J connectivity index is 2.16. The minimum absolute atomic E-state index is 0.172. The molecule has 1 aromatic carbocycles. The molecule has 2 rings (SSSR count). The van der Waals surface area contributed by atoms with E-state index in [9.17, 15) is 8.78 Å². The van der Waals surface area contributed by atoms with Gasteiger partial charge in [0.25, 0.3) is 0 Å². The smallest absolute Gasteiger partial charge is 0.133 e. The lowest BCUT2D eigenvalue weighted by atomic mass is 10.2. The fourth-order valence-electron chi connectivity index (χ4n) is 1.29. The molecule has 3 heteroatoms. The highest BCUT2D eigenvalue weighted by molar-refractivity contribution is 5.30. The Hall–Kier alpha value is -1.64. The standard InChI is InChI=1S/C12H9F2O/c13-9-6-10(14)8-12(7-9)15-11-4-2-1-3-5-11/h1-2,4-8H,3H2. The maximum absolute atomic E-state index is 12.8. The molecule has 0 amide bonds. The summed E-state index contributed by atoms with van der Waals surface area (Å²) in [4.78, 5) is 0. The summed E-state index contributed by atoms with van der Waals surface area (Å²) in [5.41, 5.74) is 0. The van der Waals surface area contributed by atoms with Crippen LogP contribution in [0.5, 0.6) is 5.75 Å². The molecule has 0 unspecified atom stereocenters. The van der Waals surface area contributed by atoms with Gasteiger partial charge in [0.05, 0.1) is 0 Å². The Bertz CT molecular complexity index is 401. The Morgan fingerprint density at radius 1 is 1.07 bits per heavy atom. The fraction of sp³-hybridized carbons (Fsp3) is 0.0833. The molecule has 1 aliphatic rings. The number of hydrogen-bond acceptors (Lipinski definition) is 1. The molecule has 0 saturated carbocycles. The van der Waals surface area contributed by atoms with E-state index in [4.69, 9.17) is 4.74 Å². The van der Waals surface area contributed by atoms with Crippen molar-refractivity contribution in [2.45, 2.75) is 6.42 Å². The van der Waals surface area contributed by atoms with Crippen LogP contribution in [0.1, 0.15) is 6.42 Å². The molecule has 0 fully saturated rings. The van der Waals surface area contributed by atoms with Crippen molar-refractivity contribution in [3.63, 3.8) is 0 Å². The zero-order valence-electron chi connectivity index (χ0n) is 7.91. The first-order chi connectivity index (χ1) is 7.24. The van der Waals surface area contributed by atoms with Gasteiger partial charge in [-0.05, 0) is 25.0 Å². The molecule has 0 atom stereocenters. The van der Waals surface area contributed by atoms with Crippen molar-refractivity contribution in [2.75, 3.05) is 0 Å². The number of benzene rings is 1. The van der Waals surface area contributed by atoms with Crippen molar-refractivity contribution in [3.8, 4) is 5.75 Å². The predicted octanol–water partition coefficient (Wildman–Crippen LogP) is 3.39. The SMILES string of the molecule is Fc1cc(F)cc(OC2=CC[CH]C=C2)c1. The zero-order chi connectivity index (χ0) is 10.7. The highest BCUT2D eigenvalue weighted by Crippen LogP contribution is 2.20. The second-order valence-corrected chi connectivity index (χ2v) is 3.14. The number of ether oxygens (including phenoxy) is 1. The van der Waals surface area contributed by atoms with E-state index in [2.05, 4.69) is 0 Å². The first-order valence-electron chi connectivity index (χ1n) is 4.58. The van der Waals surface area contributed by atoms with Gasteiger partial charge in [0, 0.05) is 18.2 Å². The van der Waals surface area contributed by atoms with Crippen LogP contribution in [0.4, 0.5) is 8.78 Å². The first-order valence-corrected chi connectivity index (χ1v) is 4.58. The largest absolute Gasteiger partial charge is 0.458 e. The first kappa shape index (κ1) is 9.90. The van der Waals surface area contributed by atoms with Gasteiger partial charge in [0.1, 0.15) is 23.1 Å². The maximum atomic E-state index is 12.8. The van der Waals surface area contributed by atoms with Crippen molar-refractivity contribution >= 4 is 0 Å². The van der Waals surface area contributed by atoms with E-state index in [-0.39, 0.29) is 5.75 Å². The molecular weight excluding hydrogens is 198 g/mol. The van der Waals surface area contributed by atoms with Gasteiger partial charge in [-0.1, -0.05) is 6.08 Å². The molecule has 1 radical (unpaired) electrons. The van der Waals surface area contributed by atoms with Crippen LogP contribution < -0.4 is 4.74 Å². The lowest BCUT2D eigenvalue weighted by molar-refractivity contribution is 0.431. The number of rotatable bonds is 2. The maximum Gasteiger partial charge on any atom is 0.133 e. The van der Waals surface area contributed by atoms with Gasteiger partial charge in [-0.15, -0.1) is 0 Å². The summed E-state index contributed by atoms with van der Waals surface area (Å²) in [6, 6.07) is 3.11. The van der Waals surface area contributed by atoms with E-state index < -0.39 is 11.6 Å². The second-order valence-electron chi connectivity index (χ2n) is 3.14. The summed E-state index contributed by atoms with van der Waals surface area (Å²) < 4.78 is 30.9. The van der Waals surface area contributed by atoms with Crippen LogP contribution >= 0.6 is 0 Å².